The van der Waals surface area contributed by atoms with E-state index >= 15 is 0 Å². The summed E-state index contributed by atoms with van der Waals surface area (Å²) in [5.74, 6) is 0.294. The number of rotatable bonds is 8. The van der Waals surface area contributed by atoms with Crippen molar-refractivity contribution < 1.29 is 14.1 Å². The maximum Gasteiger partial charge on any atom is 0.307 e. The lowest BCUT2D eigenvalue weighted by molar-refractivity contribution is -0.384. The number of amides is 1. The Morgan fingerprint density at radius 2 is 2.03 bits per heavy atom. The molecule has 0 aliphatic rings. The summed E-state index contributed by atoms with van der Waals surface area (Å²) in [6, 6.07) is 17.2. The van der Waals surface area contributed by atoms with Crippen LogP contribution in [0.5, 0.6) is 0 Å². The van der Waals surface area contributed by atoms with Gasteiger partial charge in [-0.2, -0.15) is 5.10 Å². The zero-order valence-electron chi connectivity index (χ0n) is 17.4. The first kappa shape index (κ1) is 22.0. The van der Waals surface area contributed by atoms with Crippen LogP contribution in [0.1, 0.15) is 23.0 Å². The molecule has 0 unspecified atom stereocenters. The lowest BCUT2D eigenvalue weighted by Gasteiger charge is -2.09. The molecule has 0 atom stereocenters. The third-order valence-electron chi connectivity index (χ3n) is 4.59. The van der Waals surface area contributed by atoms with Crippen molar-refractivity contribution in [2.75, 3.05) is 0 Å². The second kappa shape index (κ2) is 9.92. The van der Waals surface area contributed by atoms with Crippen molar-refractivity contribution in [3.05, 3.63) is 88.4 Å². The second-order valence-electron chi connectivity index (χ2n) is 6.67. The topological polar surface area (TPSA) is 128 Å². The number of aromatic nitrogens is 3. The zero-order chi connectivity index (χ0) is 23.2. The number of nitro groups is 1. The van der Waals surface area contributed by atoms with Gasteiger partial charge in [-0.1, -0.05) is 30.3 Å². The van der Waals surface area contributed by atoms with Gasteiger partial charge in [-0.15, -0.1) is 10.2 Å². The van der Waals surface area contributed by atoms with Crippen LogP contribution in [-0.4, -0.2) is 31.8 Å². The van der Waals surface area contributed by atoms with Gasteiger partial charge in [0.2, 0.25) is 0 Å². The monoisotopic (exact) mass is 462 g/mol. The molecule has 0 aliphatic carbocycles. The molecule has 0 aliphatic heterocycles. The number of nitrogens with one attached hydrogen (secondary N) is 1. The van der Waals surface area contributed by atoms with E-state index in [2.05, 4.69) is 20.7 Å². The molecule has 0 radical (unpaired) electrons. The lowest BCUT2D eigenvalue weighted by Crippen LogP contribution is -2.16. The van der Waals surface area contributed by atoms with Gasteiger partial charge in [0.1, 0.15) is 0 Å². The largest absolute Gasteiger partial charge is 0.459 e. The van der Waals surface area contributed by atoms with Crippen molar-refractivity contribution in [1.29, 1.82) is 0 Å². The fraction of sp³-hybridized carbons (Fsp3) is 0.0909. The summed E-state index contributed by atoms with van der Waals surface area (Å²) < 4.78 is 6.98. The predicted octanol–water partition coefficient (Wildman–Crippen LogP) is 4.38. The van der Waals surface area contributed by atoms with Gasteiger partial charge in [0, 0.05) is 34.7 Å². The highest BCUT2D eigenvalue weighted by molar-refractivity contribution is 7.99. The highest BCUT2D eigenvalue weighted by atomic mass is 32.2. The third kappa shape index (κ3) is 4.99. The highest BCUT2D eigenvalue weighted by Crippen LogP contribution is 2.33. The molecule has 1 amide bonds. The molecule has 11 heteroatoms. The summed E-state index contributed by atoms with van der Waals surface area (Å²) in [6.45, 7) is 2.62. The van der Waals surface area contributed by atoms with E-state index in [4.69, 9.17) is 4.42 Å². The number of carbonyl (C=O) groups is 1. The molecule has 2 aromatic carbocycles. The average molecular weight is 462 g/mol. The third-order valence-corrected chi connectivity index (χ3v) is 5.66. The van der Waals surface area contributed by atoms with E-state index in [0.717, 1.165) is 11.4 Å². The van der Waals surface area contributed by atoms with Gasteiger partial charge in [-0.3, -0.25) is 14.9 Å². The normalized spacial score (nSPS) is 11.1. The van der Waals surface area contributed by atoms with Gasteiger partial charge < -0.3 is 8.98 Å². The molecule has 33 heavy (non-hydrogen) atoms. The summed E-state index contributed by atoms with van der Waals surface area (Å²) in [7, 11) is 0. The highest BCUT2D eigenvalue weighted by Gasteiger charge is 2.17. The molecule has 2 aromatic heterocycles. The number of furan rings is 1. The van der Waals surface area contributed by atoms with Crippen LogP contribution in [-0.2, 0) is 6.54 Å². The van der Waals surface area contributed by atoms with E-state index in [-0.39, 0.29) is 11.4 Å². The van der Waals surface area contributed by atoms with E-state index < -0.39 is 10.8 Å². The van der Waals surface area contributed by atoms with E-state index in [1.54, 1.807) is 12.1 Å². The van der Waals surface area contributed by atoms with Gasteiger partial charge in [0.15, 0.2) is 16.7 Å². The predicted molar refractivity (Wildman–Crippen MR) is 122 cm³/mol. The summed E-state index contributed by atoms with van der Waals surface area (Å²) >= 11 is 1.30. The minimum atomic E-state index is -0.533. The maximum absolute atomic E-state index is 12.0. The summed E-state index contributed by atoms with van der Waals surface area (Å²) in [5, 5.41) is 24.5. The van der Waals surface area contributed by atoms with Crippen molar-refractivity contribution in [3.63, 3.8) is 0 Å². The molecule has 1 N–H and O–H groups in total. The molecule has 0 spiro atoms. The first-order chi connectivity index (χ1) is 16.1. The van der Waals surface area contributed by atoms with Gasteiger partial charge in [-0.25, -0.2) is 5.43 Å². The van der Waals surface area contributed by atoms with Crippen molar-refractivity contribution in [2.45, 2.75) is 23.5 Å². The molecule has 0 saturated carbocycles. The fourth-order valence-electron chi connectivity index (χ4n) is 3.01. The summed E-state index contributed by atoms with van der Waals surface area (Å²) in [5.41, 5.74) is 3.63. The number of nitrogens with zero attached hydrogens (tertiary/aromatic N) is 5. The van der Waals surface area contributed by atoms with Gasteiger partial charge >= 0.3 is 5.91 Å². The standard InChI is InChI=1S/C22H18N6O4S/c1-2-27-20(15-7-4-3-5-8-15)24-26-22(27)33-19-11-10-17(28(30)31)13-16(19)14-23-25-21(29)18-9-6-12-32-18/h3-14H,2H2,1H3,(H,25,29)/b23-14-. The molecular formula is C22H18N6O4S. The van der Waals surface area contributed by atoms with Crippen LogP contribution < -0.4 is 5.43 Å². The molecule has 4 rings (SSSR count). The van der Waals surface area contributed by atoms with E-state index in [0.29, 0.717) is 22.2 Å². The van der Waals surface area contributed by atoms with Crippen molar-refractivity contribution in [3.8, 4) is 11.4 Å². The first-order valence-electron chi connectivity index (χ1n) is 9.88. The molecule has 166 valence electrons. The Balaban J connectivity index is 1.62. The van der Waals surface area contributed by atoms with Crippen molar-refractivity contribution >= 4 is 29.6 Å². The SMILES string of the molecule is CCn1c(Sc2ccc([N+](=O)[O-])cc2/C=N\NC(=O)c2ccco2)nnc1-c1ccccc1. The van der Waals surface area contributed by atoms with Gasteiger partial charge in [0.05, 0.1) is 17.4 Å². The van der Waals surface area contributed by atoms with E-state index in [1.165, 1.54) is 42.4 Å². The Bertz CT molecular complexity index is 1300. The Morgan fingerprint density at radius 3 is 2.73 bits per heavy atom. The van der Waals surface area contributed by atoms with Crippen LogP contribution in [0.2, 0.25) is 0 Å². The smallest absolute Gasteiger partial charge is 0.307 e. The molecule has 0 saturated heterocycles. The van der Waals surface area contributed by atoms with Crippen LogP contribution in [0.3, 0.4) is 0 Å². The molecule has 0 fully saturated rings. The number of hydrazone groups is 1. The van der Waals surface area contributed by atoms with Gasteiger partial charge in [-0.05, 0) is 36.9 Å². The number of benzene rings is 2. The van der Waals surface area contributed by atoms with E-state index in [1.807, 2.05) is 41.8 Å². The number of nitro benzene ring substituents is 1. The van der Waals surface area contributed by atoms with Crippen LogP contribution in [0.25, 0.3) is 11.4 Å². The lowest BCUT2D eigenvalue weighted by atomic mass is 10.2. The van der Waals surface area contributed by atoms with Crippen LogP contribution in [0, 0.1) is 10.1 Å². The second-order valence-corrected chi connectivity index (χ2v) is 7.68. The summed E-state index contributed by atoms with van der Waals surface area (Å²) in [6.07, 6.45) is 2.72. The van der Waals surface area contributed by atoms with Crippen molar-refractivity contribution in [2.24, 2.45) is 5.10 Å². The van der Waals surface area contributed by atoms with Crippen molar-refractivity contribution in [1.82, 2.24) is 20.2 Å². The van der Waals surface area contributed by atoms with Crippen LogP contribution >= 0.6 is 11.8 Å². The Hall–Kier alpha value is -4.25. The Morgan fingerprint density at radius 1 is 1.21 bits per heavy atom. The fourth-order valence-corrected chi connectivity index (χ4v) is 3.98. The number of non-ortho nitro benzene ring substituents is 1. The maximum atomic E-state index is 12.0. The molecule has 4 aromatic rings. The minimum absolute atomic E-state index is 0.0971. The number of carbonyl (C=O) groups excluding carboxylic acids is 1. The van der Waals surface area contributed by atoms with Gasteiger partial charge in [0.25, 0.3) is 5.69 Å². The molecule has 2 heterocycles. The number of hydrogen-bond acceptors (Lipinski definition) is 8. The summed E-state index contributed by atoms with van der Waals surface area (Å²) in [4.78, 5) is 23.5. The van der Waals surface area contributed by atoms with Crippen LogP contribution in [0.4, 0.5) is 5.69 Å². The number of hydrogen-bond donors (Lipinski definition) is 1. The first-order valence-corrected chi connectivity index (χ1v) is 10.7. The quantitative estimate of drug-likeness (QED) is 0.234. The Labute approximate surface area is 192 Å². The zero-order valence-corrected chi connectivity index (χ0v) is 18.2. The molecule has 0 bridgehead atoms. The molecule has 10 nitrogen and oxygen atoms in total. The van der Waals surface area contributed by atoms with Crippen LogP contribution in [0.15, 0.2) is 86.5 Å². The van der Waals surface area contributed by atoms with E-state index in [9.17, 15) is 14.9 Å². The molecular weight excluding hydrogens is 444 g/mol. The Kier molecular flexibility index (Phi) is 6.60. The minimum Gasteiger partial charge on any atom is -0.459 e. The average Bonchev–Trinajstić information content (AvgIpc) is 3.50.